The van der Waals surface area contributed by atoms with Crippen molar-refractivity contribution in [1.82, 2.24) is 10.2 Å². The molecule has 1 N–H and O–H groups in total. The van der Waals surface area contributed by atoms with Gasteiger partial charge >= 0.3 is 12.1 Å². The number of piperidine rings is 1. The van der Waals surface area contributed by atoms with E-state index in [1.165, 1.54) is 7.11 Å². The molecule has 2 fully saturated rings. The predicted molar refractivity (Wildman–Crippen MR) is 97.8 cm³/mol. The van der Waals surface area contributed by atoms with Crippen molar-refractivity contribution in [3.05, 3.63) is 35.9 Å². The first-order chi connectivity index (χ1) is 12.3. The maximum Gasteiger partial charge on any atom is 0.410 e. The van der Waals surface area contributed by atoms with Crippen LogP contribution >= 0.6 is 0 Å². The Morgan fingerprint density at radius 3 is 2.35 bits per heavy atom. The molecule has 1 aromatic carbocycles. The molecule has 0 bridgehead atoms. The van der Waals surface area contributed by atoms with Crippen LogP contribution in [0.5, 0.6) is 0 Å². The highest BCUT2D eigenvalue weighted by molar-refractivity contribution is 5.78. The number of carbonyl (C=O) groups excluding carboxylic acids is 2. The molecule has 6 heteroatoms. The van der Waals surface area contributed by atoms with Crippen LogP contribution in [0.3, 0.4) is 0 Å². The van der Waals surface area contributed by atoms with Gasteiger partial charge < -0.3 is 19.7 Å². The average Bonchev–Trinajstić information content (AvgIpc) is 3.03. The molecule has 26 heavy (non-hydrogen) atoms. The van der Waals surface area contributed by atoms with Crippen molar-refractivity contribution in [3.63, 3.8) is 0 Å². The fraction of sp³-hybridized carbons (Fsp3) is 0.600. The second kappa shape index (κ2) is 7.27. The number of benzene rings is 1. The number of rotatable bonds is 5. The largest absolute Gasteiger partial charge is 0.469 e. The molecule has 1 aliphatic heterocycles. The predicted octanol–water partition coefficient (Wildman–Crippen LogP) is 2.40. The SMILES string of the molecule is COC(=O)C(CNC1C2CN(C(=O)OC(C)(C)C)CC21)c1ccccc1. The molecule has 0 aromatic heterocycles. The van der Waals surface area contributed by atoms with E-state index in [1.54, 1.807) is 4.90 Å². The number of amides is 1. The molecular formula is C20H28N2O4. The molecule has 1 heterocycles. The maximum absolute atomic E-state index is 12.1. The zero-order valence-electron chi connectivity index (χ0n) is 15.9. The summed E-state index contributed by atoms with van der Waals surface area (Å²) >= 11 is 0. The van der Waals surface area contributed by atoms with E-state index in [-0.39, 0.29) is 18.0 Å². The van der Waals surface area contributed by atoms with Gasteiger partial charge in [-0.25, -0.2) is 4.79 Å². The molecule has 1 saturated carbocycles. The monoisotopic (exact) mass is 360 g/mol. The first kappa shape index (κ1) is 18.7. The Balaban J connectivity index is 1.50. The molecule has 0 radical (unpaired) electrons. The van der Waals surface area contributed by atoms with Crippen LogP contribution < -0.4 is 5.32 Å². The molecule has 0 spiro atoms. The number of esters is 1. The lowest BCUT2D eigenvalue weighted by Gasteiger charge is -2.26. The minimum absolute atomic E-state index is 0.232. The second-order valence-corrected chi connectivity index (χ2v) is 8.13. The molecule has 1 aromatic rings. The third-order valence-electron chi connectivity index (χ3n) is 5.09. The van der Waals surface area contributed by atoms with Crippen molar-refractivity contribution in [2.75, 3.05) is 26.7 Å². The first-order valence-corrected chi connectivity index (χ1v) is 9.14. The lowest BCUT2D eigenvalue weighted by Crippen LogP contribution is -2.40. The normalized spacial score (nSPS) is 25.4. The first-order valence-electron chi connectivity index (χ1n) is 9.14. The van der Waals surface area contributed by atoms with Gasteiger partial charge in [0.05, 0.1) is 13.0 Å². The molecule has 3 unspecified atom stereocenters. The van der Waals surface area contributed by atoms with E-state index in [1.807, 2.05) is 51.1 Å². The van der Waals surface area contributed by atoms with Crippen molar-refractivity contribution >= 4 is 12.1 Å². The lowest BCUT2D eigenvalue weighted by molar-refractivity contribution is -0.142. The fourth-order valence-electron chi connectivity index (χ4n) is 3.72. The molecule has 142 valence electrons. The summed E-state index contributed by atoms with van der Waals surface area (Å²) in [5.41, 5.74) is 0.485. The number of nitrogens with one attached hydrogen (secondary N) is 1. The number of likely N-dealkylation sites (tertiary alicyclic amines) is 1. The van der Waals surface area contributed by atoms with Gasteiger partial charge in [0.2, 0.25) is 0 Å². The summed E-state index contributed by atoms with van der Waals surface area (Å²) < 4.78 is 10.4. The summed E-state index contributed by atoms with van der Waals surface area (Å²) in [6, 6.07) is 10.0. The van der Waals surface area contributed by atoms with Gasteiger partial charge in [0, 0.05) is 25.7 Å². The Bertz CT molecular complexity index is 644. The van der Waals surface area contributed by atoms with Crippen LogP contribution in [0.15, 0.2) is 30.3 Å². The zero-order valence-corrected chi connectivity index (χ0v) is 15.9. The molecule has 1 amide bonds. The van der Waals surface area contributed by atoms with Gasteiger partial charge in [-0.2, -0.15) is 0 Å². The van der Waals surface area contributed by atoms with Gasteiger partial charge in [-0.3, -0.25) is 4.79 Å². The van der Waals surface area contributed by atoms with Gasteiger partial charge in [-0.15, -0.1) is 0 Å². The van der Waals surface area contributed by atoms with Crippen LogP contribution in [-0.2, 0) is 14.3 Å². The summed E-state index contributed by atoms with van der Waals surface area (Å²) in [7, 11) is 1.42. The molecule has 2 aliphatic rings. The Labute approximate surface area is 154 Å². The minimum atomic E-state index is -0.467. The third kappa shape index (κ3) is 4.18. The fourth-order valence-corrected chi connectivity index (χ4v) is 3.72. The third-order valence-corrected chi connectivity index (χ3v) is 5.09. The maximum atomic E-state index is 12.1. The number of methoxy groups -OCH3 is 1. The second-order valence-electron chi connectivity index (χ2n) is 8.13. The van der Waals surface area contributed by atoms with Crippen LogP contribution in [0.1, 0.15) is 32.3 Å². The van der Waals surface area contributed by atoms with Crippen molar-refractivity contribution in [2.45, 2.75) is 38.3 Å². The smallest absolute Gasteiger partial charge is 0.410 e. The summed E-state index contributed by atoms with van der Waals surface area (Å²) in [6.45, 7) is 7.60. The van der Waals surface area contributed by atoms with E-state index in [0.29, 0.717) is 37.5 Å². The van der Waals surface area contributed by atoms with Crippen molar-refractivity contribution < 1.29 is 19.1 Å². The Morgan fingerprint density at radius 2 is 1.81 bits per heavy atom. The number of hydrogen-bond acceptors (Lipinski definition) is 5. The summed E-state index contributed by atoms with van der Waals surface area (Å²) in [6.07, 6.45) is -0.236. The van der Waals surface area contributed by atoms with E-state index in [2.05, 4.69) is 5.32 Å². The van der Waals surface area contributed by atoms with Crippen molar-refractivity contribution in [2.24, 2.45) is 11.8 Å². The molecule has 6 nitrogen and oxygen atoms in total. The van der Waals surface area contributed by atoms with Crippen LogP contribution in [-0.4, -0.2) is 55.3 Å². The highest BCUT2D eigenvalue weighted by Crippen LogP contribution is 2.46. The van der Waals surface area contributed by atoms with Gasteiger partial charge in [0.25, 0.3) is 0 Å². The quantitative estimate of drug-likeness (QED) is 0.817. The Kier molecular flexibility index (Phi) is 5.23. The van der Waals surface area contributed by atoms with Crippen LogP contribution in [0, 0.1) is 11.8 Å². The minimum Gasteiger partial charge on any atom is -0.469 e. The lowest BCUT2D eigenvalue weighted by atomic mass is 9.99. The average molecular weight is 360 g/mol. The van der Waals surface area contributed by atoms with E-state index < -0.39 is 5.60 Å². The Morgan fingerprint density at radius 1 is 1.19 bits per heavy atom. The number of ether oxygens (including phenoxy) is 2. The molecule has 3 rings (SSSR count). The molecule has 1 saturated heterocycles. The van der Waals surface area contributed by atoms with Gasteiger partial charge in [0.15, 0.2) is 0 Å². The van der Waals surface area contributed by atoms with E-state index in [0.717, 1.165) is 5.56 Å². The van der Waals surface area contributed by atoms with Crippen LogP contribution in [0.2, 0.25) is 0 Å². The van der Waals surface area contributed by atoms with Crippen LogP contribution in [0.25, 0.3) is 0 Å². The number of hydrogen-bond donors (Lipinski definition) is 1. The highest BCUT2D eigenvalue weighted by Gasteiger charge is 2.57. The standard InChI is InChI=1S/C20H28N2O4/c1-20(2,3)26-19(24)22-11-15-16(12-22)17(15)21-10-14(18(23)25-4)13-8-6-5-7-9-13/h5-9,14-17,21H,10-12H2,1-4H3. The zero-order chi connectivity index (χ0) is 18.9. The summed E-state index contributed by atoms with van der Waals surface area (Å²) in [5.74, 6) is 0.336. The van der Waals surface area contributed by atoms with E-state index in [4.69, 9.17) is 9.47 Å². The van der Waals surface area contributed by atoms with E-state index in [9.17, 15) is 9.59 Å². The van der Waals surface area contributed by atoms with Gasteiger partial charge in [-0.05, 0) is 38.2 Å². The number of fused-ring (bicyclic) bond motifs is 1. The Hall–Kier alpha value is -2.08. The molecular weight excluding hydrogens is 332 g/mol. The number of nitrogens with zero attached hydrogens (tertiary/aromatic N) is 1. The van der Waals surface area contributed by atoms with Crippen molar-refractivity contribution in [3.8, 4) is 0 Å². The molecule has 1 aliphatic carbocycles. The van der Waals surface area contributed by atoms with Gasteiger partial charge in [0.1, 0.15) is 5.60 Å². The summed E-state index contributed by atoms with van der Waals surface area (Å²) in [4.78, 5) is 26.1. The van der Waals surface area contributed by atoms with E-state index >= 15 is 0 Å². The van der Waals surface area contributed by atoms with Crippen LogP contribution in [0.4, 0.5) is 4.79 Å². The topological polar surface area (TPSA) is 67.9 Å². The number of carbonyl (C=O) groups is 2. The van der Waals surface area contributed by atoms with Crippen molar-refractivity contribution in [1.29, 1.82) is 0 Å². The summed E-state index contributed by atoms with van der Waals surface area (Å²) in [5, 5.41) is 3.50. The van der Waals surface area contributed by atoms with Gasteiger partial charge in [-0.1, -0.05) is 30.3 Å². The highest BCUT2D eigenvalue weighted by atomic mass is 16.6. The molecule has 3 atom stereocenters.